The van der Waals surface area contributed by atoms with Gasteiger partial charge in [0.1, 0.15) is 0 Å². The third kappa shape index (κ3) is 6.14. The number of unbranched alkanes of at least 4 members (excludes halogenated alkanes) is 1. The number of ether oxygens (including phenoxy) is 1. The van der Waals surface area contributed by atoms with E-state index in [1.165, 1.54) is 0 Å². The van der Waals surface area contributed by atoms with Crippen LogP contribution in [0.4, 0.5) is 0 Å². The monoisotopic (exact) mass is 270 g/mol. The van der Waals surface area contributed by atoms with Gasteiger partial charge in [0.05, 0.1) is 11.7 Å². The molecule has 0 fully saturated rings. The summed E-state index contributed by atoms with van der Waals surface area (Å²) in [7, 11) is 0. The lowest BCUT2D eigenvalue weighted by Gasteiger charge is -2.07. The zero-order valence-corrected chi connectivity index (χ0v) is 11.9. The van der Waals surface area contributed by atoms with Crippen LogP contribution in [0.1, 0.15) is 41.9 Å². The first-order chi connectivity index (χ1) is 8.59. The lowest BCUT2D eigenvalue weighted by Crippen LogP contribution is -2.15. The van der Waals surface area contributed by atoms with E-state index in [0.717, 1.165) is 37.4 Å². The number of rotatable bonds is 9. The molecule has 0 saturated heterocycles. The molecule has 4 nitrogen and oxygen atoms in total. The number of thiophene rings is 1. The van der Waals surface area contributed by atoms with Gasteiger partial charge < -0.3 is 15.8 Å². The molecule has 1 aromatic rings. The van der Waals surface area contributed by atoms with Crippen molar-refractivity contribution in [3.63, 3.8) is 0 Å². The third-order valence-electron chi connectivity index (χ3n) is 2.44. The molecule has 1 heterocycles. The van der Waals surface area contributed by atoms with E-state index in [1.54, 1.807) is 16.7 Å². The van der Waals surface area contributed by atoms with Crippen molar-refractivity contribution in [2.24, 2.45) is 5.73 Å². The Kier molecular flexibility index (Phi) is 6.93. The molecular weight excluding hydrogens is 248 g/mol. The fourth-order valence-corrected chi connectivity index (χ4v) is 2.33. The smallest absolute Gasteiger partial charge is 0.249 e. The van der Waals surface area contributed by atoms with E-state index >= 15 is 0 Å². The molecule has 0 unspecified atom stereocenters. The van der Waals surface area contributed by atoms with Crippen molar-refractivity contribution in [3.05, 3.63) is 21.9 Å². The minimum atomic E-state index is -0.358. The Morgan fingerprint density at radius 1 is 1.50 bits per heavy atom. The SMILES string of the molecule is CC(C)OCCCCNCc1cc(C(N)=O)cs1. The van der Waals surface area contributed by atoms with Gasteiger partial charge in [0, 0.05) is 23.4 Å². The Morgan fingerprint density at radius 3 is 2.89 bits per heavy atom. The molecule has 0 atom stereocenters. The molecule has 5 heteroatoms. The average molecular weight is 270 g/mol. The lowest BCUT2D eigenvalue weighted by atomic mass is 10.3. The van der Waals surface area contributed by atoms with Gasteiger partial charge in [-0.25, -0.2) is 0 Å². The van der Waals surface area contributed by atoms with E-state index in [9.17, 15) is 4.79 Å². The van der Waals surface area contributed by atoms with Gasteiger partial charge in [-0.1, -0.05) is 0 Å². The van der Waals surface area contributed by atoms with Crippen LogP contribution in [-0.4, -0.2) is 25.2 Å². The van der Waals surface area contributed by atoms with Gasteiger partial charge in [-0.3, -0.25) is 4.79 Å². The molecule has 18 heavy (non-hydrogen) atoms. The van der Waals surface area contributed by atoms with Crippen molar-refractivity contribution in [3.8, 4) is 0 Å². The first-order valence-electron chi connectivity index (χ1n) is 6.29. The molecule has 0 spiro atoms. The van der Waals surface area contributed by atoms with Gasteiger partial charge in [0.15, 0.2) is 0 Å². The molecule has 3 N–H and O–H groups in total. The van der Waals surface area contributed by atoms with Gasteiger partial charge in [0.2, 0.25) is 5.91 Å². The molecular formula is C13H22N2O2S. The summed E-state index contributed by atoms with van der Waals surface area (Å²) in [5.41, 5.74) is 5.79. The number of hydrogen-bond acceptors (Lipinski definition) is 4. The molecule has 0 aliphatic heterocycles. The van der Waals surface area contributed by atoms with Gasteiger partial charge in [-0.05, 0) is 39.3 Å². The Morgan fingerprint density at radius 2 is 2.28 bits per heavy atom. The van der Waals surface area contributed by atoms with Crippen LogP contribution in [0.3, 0.4) is 0 Å². The standard InChI is InChI=1S/C13H22N2O2S/c1-10(2)17-6-4-3-5-15-8-12-7-11(9-18-12)13(14)16/h7,9-10,15H,3-6,8H2,1-2H3,(H2,14,16). The number of hydrogen-bond donors (Lipinski definition) is 2. The first kappa shape index (κ1) is 15.1. The fourth-order valence-electron chi connectivity index (χ4n) is 1.49. The van der Waals surface area contributed by atoms with E-state index in [0.29, 0.717) is 11.7 Å². The minimum absolute atomic E-state index is 0.316. The van der Waals surface area contributed by atoms with Crippen molar-refractivity contribution in [1.29, 1.82) is 0 Å². The number of primary amides is 1. The van der Waals surface area contributed by atoms with E-state index in [2.05, 4.69) is 5.32 Å². The van der Waals surface area contributed by atoms with Crippen molar-refractivity contribution < 1.29 is 9.53 Å². The maximum Gasteiger partial charge on any atom is 0.249 e. The summed E-state index contributed by atoms with van der Waals surface area (Å²) < 4.78 is 5.46. The Balaban J connectivity index is 2.05. The van der Waals surface area contributed by atoms with Crippen LogP contribution in [0.25, 0.3) is 0 Å². The number of amides is 1. The number of nitrogens with one attached hydrogen (secondary N) is 1. The number of carbonyl (C=O) groups is 1. The maximum absolute atomic E-state index is 10.9. The Bertz CT molecular complexity index is 364. The normalized spacial score (nSPS) is 11.1. The zero-order chi connectivity index (χ0) is 13.4. The Labute approximate surface area is 113 Å². The molecule has 0 bridgehead atoms. The van der Waals surface area contributed by atoms with Crippen LogP contribution < -0.4 is 11.1 Å². The zero-order valence-electron chi connectivity index (χ0n) is 11.1. The first-order valence-corrected chi connectivity index (χ1v) is 7.17. The highest BCUT2D eigenvalue weighted by Crippen LogP contribution is 2.13. The van der Waals surface area contributed by atoms with E-state index in [4.69, 9.17) is 10.5 Å². The number of nitrogens with two attached hydrogens (primary N) is 1. The largest absolute Gasteiger partial charge is 0.379 e. The van der Waals surface area contributed by atoms with Crippen LogP contribution in [0.5, 0.6) is 0 Å². The van der Waals surface area contributed by atoms with Crippen molar-refractivity contribution in [2.75, 3.05) is 13.2 Å². The highest BCUT2D eigenvalue weighted by molar-refractivity contribution is 7.10. The molecule has 0 aromatic carbocycles. The van der Waals surface area contributed by atoms with Crippen LogP contribution in [0, 0.1) is 0 Å². The van der Waals surface area contributed by atoms with Crippen LogP contribution in [0.15, 0.2) is 11.4 Å². The molecule has 102 valence electrons. The van der Waals surface area contributed by atoms with Crippen LogP contribution >= 0.6 is 11.3 Å². The average Bonchev–Trinajstić information content (AvgIpc) is 2.76. The topological polar surface area (TPSA) is 64.3 Å². The predicted molar refractivity (Wildman–Crippen MR) is 74.9 cm³/mol. The van der Waals surface area contributed by atoms with Crippen molar-refractivity contribution in [1.82, 2.24) is 5.32 Å². The summed E-state index contributed by atoms with van der Waals surface area (Å²) >= 11 is 1.56. The minimum Gasteiger partial charge on any atom is -0.379 e. The summed E-state index contributed by atoms with van der Waals surface area (Å²) in [6, 6.07) is 1.85. The van der Waals surface area contributed by atoms with Crippen LogP contribution in [0.2, 0.25) is 0 Å². The fraction of sp³-hybridized carbons (Fsp3) is 0.615. The Hall–Kier alpha value is -0.910. The van der Waals surface area contributed by atoms with Gasteiger partial charge in [-0.15, -0.1) is 11.3 Å². The molecule has 0 saturated carbocycles. The van der Waals surface area contributed by atoms with Crippen molar-refractivity contribution in [2.45, 2.75) is 39.3 Å². The van der Waals surface area contributed by atoms with Crippen LogP contribution in [-0.2, 0) is 11.3 Å². The maximum atomic E-state index is 10.9. The molecule has 0 aliphatic rings. The summed E-state index contributed by atoms with van der Waals surface area (Å²) in [6.07, 6.45) is 2.49. The highest BCUT2D eigenvalue weighted by atomic mass is 32.1. The highest BCUT2D eigenvalue weighted by Gasteiger charge is 2.03. The van der Waals surface area contributed by atoms with E-state index < -0.39 is 0 Å². The summed E-state index contributed by atoms with van der Waals surface area (Å²) in [6.45, 7) is 6.68. The summed E-state index contributed by atoms with van der Waals surface area (Å²) in [4.78, 5) is 12.1. The predicted octanol–water partition coefficient (Wildman–Crippen LogP) is 2.14. The van der Waals surface area contributed by atoms with E-state index in [-0.39, 0.29) is 5.91 Å². The quantitative estimate of drug-likeness (QED) is 0.676. The van der Waals surface area contributed by atoms with E-state index in [1.807, 2.05) is 19.9 Å². The lowest BCUT2D eigenvalue weighted by molar-refractivity contribution is 0.0760. The summed E-state index contributed by atoms with van der Waals surface area (Å²) in [5.74, 6) is -0.358. The molecule has 0 aliphatic carbocycles. The second-order valence-corrected chi connectivity index (χ2v) is 5.47. The number of carbonyl (C=O) groups excluding carboxylic acids is 1. The molecule has 1 aromatic heterocycles. The third-order valence-corrected chi connectivity index (χ3v) is 3.37. The molecule has 1 amide bonds. The van der Waals surface area contributed by atoms with Gasteiger partial charge in [0.25, 0.3) is 0 Å². The molecule has 1 rings (SSSR count). The van der Waals surface area contributed by atoms with Crippen molar-refractivity contribution >= 4 is 17.2 Å². The summed E-state index contributed by atoms with van der Waals surface area (Å²) in [5, 5.41) is 5.15. The van der Waals surface area contributed by atoms with Gasteiger partial charge >= 0.3 is 0 Å². The molecule has 0 radical (unpaired) electrons. The second-order valence-electron chi connectivity index (χ2n) is 4.47. The van der Waals surface area contributed by atoms with Gasteiger partial charge in [-0.2, -0.15) is 0 Å². The second kappa shape index (κ2) is 8.24.